The van der Waals surface area contributed by atoms with Gasteiger partial charge in [-0.3, -0.25) is 11.3 Å². The van der Waals surface area contributed by atoms with Crippen LogP contribution in [0.1, 0.15) is 50.2 Å². The van der Waals surface area contributed by atoms with Crippen molar-refractivity contribution in [3.63, 3.8) is 0 Å². The van der Waals surface area contributed by atoms with Crippen LogP contribution in [0.4, 0.5) is 0 Å². The minimum atomic E-state index is 0.191. The molecular weight excluding hydrogens is 208 g/mol. The van der Waals surface area contributed by atoms with Crippen molar-refractivity contribution in [1.29, 1.82) is 0 Å². The number of nitrogens with one attached hydrogen (secondary N) is 1. The minimum absolute atomic E-state index is 0.191. The first-order valence-electron chi connectivity index (χ1n) is 5.51. The Balaban J connectivity index is 2.85. The molecule has 0 bridgehead atoms. The van der Waals surface area contributed by atoms with Crippen LogP contribution in [-0.4, -0.2) is 9.59 Å². The van der Waals surface area contributed by atoms with Gasteiger partial charge in [-0.2, -0.15) is 0 Å². The van der Waals surface area contributed by atoms with Gasteiger partial charge in [0.25, 0.3) is 0 Å². The summed E-state index contributed by atoms with van der Waals surface area (Å²) in [7, 11) is 0. The maximum absolute atomic E-state index is 5.61. The number of rotatable bonds is 6. The number of nitrogens with zero attached hydrogens (tertiary/aromatic N) is 2. The summed E-state index contributed by atoms with van der Waals surface area (Å²) < 4.78 is 4.02. The third-order valence-electron chi connectivity index (χ3n) is 2.75. The fourth-order valence-electron chi connectivity index (χ4n) is 1.60. The van der Waals surface area contributed by atoms with E-state index in [2.05, 4.69) is 35.8 Å². The largest absolute Gasteiger partial charge is 0.271 e. The second-order valence-corrected chi connectivity index (χ2v) is 4.65. The quantitative estimate of drug-likeness (QED) is 0.578. The topological polar surface area (TPSA) is 63.8 Å². The lowest BCUT2D eigenvalue weighted by atomic mass is 9.97. The predicted molar refractivity (Wildman–Crippen MR) is 63.4 cm³/mol. The molecule has 1 heterocycles. The van der Waals surface area contributed by atoms with Gasteiger partial charge in [0.05, 0.1) is 16.6 Å². The van der Waals surface area contributed by atoms with Crippen molar-refractivity contribution in [3.05, 3.63) is 10.6 Å². The summed E-state index contributed by atoms with van der Waals surface area (Å²) >= 11 is 1.46. The summed E-state index contributed by atoms with van der Waals surface area (Å²) in [4.78, 5) is 1.20. The van der Waals surface area contributed by atoms with Crippen molar-refractivity contribution in [3.8, 4) is 0 Å². The van der Waals surface area contributed by atoms with Gasteiger partial charge in [0.1, 0.15) is 0 Å². The lowest BCUT2D eigenvalue weighted by Crippen LogP contribution is -2.32. The molecule has 0 aliphatic carbocycles. The molecule has 1 rings (SSSR count). The number of hydrogen-bond donors (Lipinski definition) is 2. The van der Waals surface area contributed by atoms with Crippen molar-refractivity contribution in [2.45, 2.75) is 46.1 Å². The molecule has 2 unspecified atom stereocenters. The third kappa shape index (κ3) is 2.96. The summed E-state index contributed by atoms with van der Waals surface area (Å²) in [6.07, 6.45) is 3.18. The van der Waals surface area contributed by atoms with Crippen molar-refractivity contribution in [2.75, 3.05) is 0 Å². The summed E-state index contributed by atoms with van der Waals surface area (Å²) in [5, 5.41) is 4.16. The monoisotopic (exact) mass is 228 g/mol. The van der Waals surface area contributed by atoms with Crippen LogP contribution in [0.15, 0.2) is 0 Å². The number of aryl methyl sites for hydroxylation is 1. The zero-order chi connectivity index (χ0) is 11.3. The second-order valence-electron chi connectivity index (χ2n) is 3.86. The molecule has 0 aliphatic heterocycles. The molecule has 3 N–H and O–H groups in total. The van der Waals surface area contributed by atoms with E-state index >= 15 is 0 Å². The summed E-state index contributed by atoms with van der Waals surface area (Å²) in [6.45, 7) is 6.51. The lowest BCUT2D eigenvalue weighted by Gasteiger charge is -2.20. The molecule has 0 saturated heterocycles. The summed E-state index contributed by atoms with van der Waals surface area (Å²) in [5.41, 5.74) is 3.99. The Labute approximate surface area is 95.4 Å². The number of nitrogens with two attached hydrogens (primary N) is 1. The highest BCUT2D eigenvalue weighted by Crippen LogP contribution is 2.28. The Hall–Kier alpha value is -0.520. The van der Waals surface area contributed by atoms with Crippen LogP contribution in [0.5, 0.6) is 0 Å². The van der Waals surface area contributed by atoms with Crippen molar-refractivity contribution < 1.29 is 0 Å². The van der Waals surface area contributed by atoms with E-state index in [4.69, 9.17) is 5.84 Å². The van der Waals surface area contributed by atoms with E-state index in [1.54, 1.807) is 0 Å². The highest BCUT2D eigenvalue weighted by atomic mass is 32.1. The summed E-state index contributed by atoms with van der Waals surface area (Å²) in [5.74, 6) is 6.11. The first kappa shape index (κ1) is 12.5. The Morgan fingerprint density at radius 1 is 1.47 bits per heavy atom. The Kier molecular flexibility index (Phi) is 5.14. The van der Waals surface area contributed by atoms with Gasteiger partial charge in [0.2, 0.25) is 0 Å². The Bertz CT molecular complexity index is 287. The molecule has 1 aromatic heterocycles. The molecule has 15 heavy (non-hydrogen) atoms. The highest BCUT2D eigenvalue weighted by Gasteiger charge is 2.22. The van der Waals surface area contributed by atoms with E-state index in [1.165, 1.54) is 16.4 Å². The van der Waals surface area contributed by atoms with Crippen LogP contribution >= 0.6 is 11.5 Å². The standard InChI is InChI=1S/C10H20N4S/c1-4-6-8-10(15-14-13-8)9(12-11)7(3)5-2/h7,9,12H,4-6,11H2,1-3H3. The molecule has 4 nitrogen and oxygen atoms in total. The molecule has 1 aromatic rings. The highest BCUT2D eigenvalue weighted by molar-refractivity contribution is 7.05. The normalized spacial score (nSPS) is 15.2. The average molecular weight is 228 g/mol. The van der Waals surface area contributed by atoms with Gasteiger partial charge in [-0.1, -0.05) is 38.1 Å². The van der Waals surface area contributed by atoms with E-state index in [1.807, 2.05) is 0 Å². The van der Waals surface area contributed by atoms with Crippen LogP contribution < -0.4 is 11.3 Å². The Morgan fingerprint density at radius 2 is 2.20 bits per heavy atom. The first-order chi connectivity index (χ1) is 7.24. The van der Waals surface area contributed by atoms with E-state index in [0.29, 0.717) is 5.92 Å². The van der Waals surface area contributed by atoms with Gasteiger partial charge in [-0.25, -0.2) is 0 Å². The molecule has 0 amide bonds. The van der Waals surface area contributed by atoms with E-state index < -0.39 is 0 Å². The zero-order valence-electron chi connectivity index (χ0n) is 9.66. The predicted octanol–water partition coefficient (Wildman–Crippen LogP) is 2.04. The van der Waals surface area contributed by atoms with Crippen molar-refractivity contribution >= 4 is 11.5 Å². The number of aromatic nitrogens is 2. The van der Waals surface area contributed by atoms with Crippen LogP contribution in [0.3, 0.4) is 0 Å². The van der Waals surface area contributed by atoms with Crippen LogP contribution in [0.25, 0.3) is 0 Å². The molecule has 86 valence electrons. The molecule has 0 spiro atoms. The van der Waals surface area contributed by atoms with Crippen LogP contribution in [0, 0.1) is 5.92 Å². The average Bonchev–Trinajstić information content (AvgIpc) is 2.68. The van der Waals surface area contributed by atoms with Gasteiger partial charge in [-0.05, 0) is 23.9 Å². The zero-order valence-corrected chi connectivity index (χ0v) is 10.5. The van der Waals surface area contributed by atoms with Gasteiger partial charge in [0, 0.05) is 0 Å². The molecular formula is C10H20N4S. The fraction of sp³-hybridized carbons (Fsp3) is 0.800. The molecule has 0 fully saturated rings. The van der Waals surface area contributed by atoms with Gasteiger partial charge in [0.15, 0.2) is 0 Å². The van der Waals surface area contributed by atoms with E-state index in [0.717, 1.165) is 25.0 Å². The molecule has 0 saturated carbocycles. The lowest BCUT2D eigenvalue weighted by molar-refractivity contribution is 0.385. The number of hydrogen-bond acceptors (Lipinski definition) is 5. The molecule has 5 heteroatoms. The first-order valence-corrected chi connectivity index (χ1v) is 6.29. The van der Waals surface area contributed by atoms with Crippen LogP contribution in [-0.2, 0) is 6.42 Å². The SMILES string of the molecule is CCCc1nnsc1C(NN)C(C)CC. The second kappa shape index (κ2) is 6.15. The molecule has 0 radical (unpaired) electrons. The number of hydrazine groups is 1. The maximum Gasteiger partial charge on any atom is 0.0804 e. The van der Waals surface area contributed by atoms with E-state index in [9.17, 15) is 0 Å². The van der Waals surface area contributed by atoms with Crippen LogP contribution in [0.2, 0.25) is 0 Å². The smallest absolute Gasteiger partial charge is 0.0804 e. The summed E-state index contributed by atoms with van der Waals surface area (Å²) in [6, 6.07) is 0.191. The maximum atomic E-state index is 5.61. The molecule has 0 aromatic carbocycles. The van der Waals surface area contributed by atoms with Crippen molar-refractivity contribution in [1.82, 2.24) is 15.0 Å². The fourth-order valence-corrected chi connectivity index (χ4v) is 2.49. The molecule has 0 aliphatic rings. The molecule has 2 atom stereocenters. The Morgan fingerprint density at radius 3 is 2.73 bits per heavy atom. The van der Waals surface area contributed by atoms with E-state index in [-0.39, 0.29) is 6.04 Å². The van der Waals surface area contributed by atoms with Gasteiger partial charge in [-0.15, -0.1) is 5.10 Å². The van der Waals surface area contributed by atoms with Gasteiger partial charge < -0.3 is 0 Å². The van der Waals surface area contributed by atoms with Crippen molar-refractivity contribution in [2.24, 2.45) is 11.8 Å². The minimum Gasteiger partial charge on any atom is -0.271 e. The van der Waals surface area contributed by atoms with Gasteiger partial charge >= 0.3 is 0 Å². The third-order valence-corrected chi connectivity index (χ3v) is 3.60.